The van der Waals surface area contributed by atoms with Crippen LogP contribution in [0.1, 0.15) is 54.6 Å². The highest BCUT2D eigenvalue weighted by Gasteiger charge is 2.33. The third-order valence-corrected chi connectivity index (χ3v) is 5.42. The summed E-state index contributed by atoms with van der Waals surface area (Å²) in [4.78, 5) is 19.0. The normalized spacial score (nSPS) is 16.9. The molecule has 1 atom stereocenters. The molecular formula is C23H25N3O2. The van der Waals surface area contributed by atoms with Crippen LogP contribution in [-0.2, 0) is 11.3 Å². The molecule has 0 radical (unpaired) electrons. The summed E-state index contributed by atoms with van der Waals surface area (Å²) in [6.45, 7) is 7.62. The van der Waals surface area contributed by atoms with Gasteiger partial charge in [-0.1, -0.05) is 61.5 Å². The highest BCUT2D eigenvalue weighted by molar-refractivity contribution is 5.79. The molecule has 1 unspecified atom stereocenters. The first-order valence-electron chi connectivity index (χ1n) is 9.77. The van der Waals surface area contributed by atoms with Crippen molar-refractivity contribution in [2.24, 2.45) is 0 Å². The fraction of sp³-hybridized carbons (Fsp3) is 0.348. The second-order valence-corrected chi connectivity index (χ2v) is 7.84. The monoisotopic (exact) mass is 375 g/mol. The van der Waals surface area contributed by atoms with E-state index >= 15 is 0 Å². The van der Waals surface area contributed by atoms with Crippen LogP contribution in [0.25, 0.3) is 11.5 Å². The summed E-state index contributed by atoms with van der Waals surface area (Å²) in [6.07, 6.45) is 0.427. The predicted molar refractivity (Wildman–Crippen MR) is 108 cm³/mol. The molecule has 5 heteroatoms. The smallest absolute Gasteiger partial charge is 0.258 e. The first-order chi connectivity index (χ1) is 13.5. The molecule has 144 valence electrons. The lowest BCUT2D eigenvalue weighted by Gasteiger charge is -2.16. The van der Waals surface area contributed by atoms with Gasteiger partial charge in [0.25, 0.3) is 5.89 Å². The number of nitrogens with zero attached hydrogens (tertiary/aromatic N) is 3. The molecule has 0 spiro atoms. The van der Waals surface area contributed by atoms with Crippen molar-refractivity contribution < 1.29 is 9.32 Å². The van der Waals surface area contributed by atoms with Crippen molar-refractivity contribution in [1.29, 1.82) is 0 Å². The van der Waals surface area contributed by atoms with Crippen LogP contribution in [0.4, 0.5) is 0 Å². The summed E-state index contributed by atoms with van der Waals surface area (Å²) < 4.78 is 5.48. The summed E-state index contributed by atoms with van der Waals surface area (Å²) in [5, 5.41) is 4.16. The minimum atomic E-state index is -0.0241. The van der Waals surface area contributed by atoms with Crippen molar-refractivity contribution in [3.63, 3.8) is 0 Å². The van der Waals surface area contributed by atoms with E-state index in [1.54, 1.807) is 0 Å². The van der Waals surface area contributed by atoms with Gasteiger partial charge in [0.15, 0.2) is 5.82 Å². The summed E-state index contributed by atoms with van der Waals surface area (Å²) in [7, 11) is 0. The molecule has 0 N–H and O–H groups in total. The van der Waals surface area contributed by atoms with E-state index in [2.05, 4.69) is 48.3 Å². The quantitative estimate of drug-likeness (QED) is 0.649. The third kappa shape index (κ3) is 3.70. The Morgan fingerprint density at radius 2 is 1.89 bits per heavy atom. The Balaban J connectivity index is 1.46. The van der Waals surface area contributed by atoms with Crippen LogP contribution < -0.4 is 0 Å². The second-order valence-electron chi connectivity index (χ2n) is 7.84. The maximum absolute atomic E-state index is 12.5. The van der Waals surface area contributed by atoms with E-state index in [1.165, 1.54) is 5.56 Å². The van der Waals surface area contributed by atoms with Gasteiger partial charge in [-0.25, -0.2) is 0 Å². The van der Waals surface area contributed by atoms with E-state index < -0.39 is 0 Å². The molecular weight excluding hydrogens is 350 g/mol. The maximum atomic E-state index is 12.5. The minimum absolute atomic E-state index is 0.0241. The highest BCUT2D eigenvalue weighted by atomic mass is 16.5. The van der Waals surface area contributed by atoms with Gasteiger partial charge in [-0.3, -0.25) is 4.79 Å². The number of rotatable bonds is 5. The Morgan fingerprint density at radius 3 is 2.61 bits per heavy atom. The second kappa shape index (κ2) is 7.58. The third-order valence-electron chi connectivity index (χ3n) is 5.42. The zero-order chi connectivity index (χ0) is 19.7. The zero-order valence-electron chi connectivity index (χ0n) is 16.6. The fourth-order valence-corrected chi connectivity index (χ4v) is 3.65. The molecule has 28 heavy (non-hydrogen) atoms. The van der Waals surface area contributed by atoms with Gasteiger partial charge in [0.05, 0.1) is 0 Å². The number of aromatic nitrogens is 2. The van der Waals surface area contributed by atoms with Gasteiger partial charge in [-0.15, -0.1) is 0 Å². The number of hydrogen-bond donors (Lipinski definition) is 0. The van der Waals surface area contributed by atoms with E-state index in [-0.39, 0.29) is 11.8 Å². The number of amides is 1. The van der Waals surface area contributed by atoms with Crippen LogP contribution in [0.2, 0.25) is 0 Å². The van der Waals surface area contributed by atoms with Crippen LogP contribution in [0.5, 0.6) is 0 Å². The molecule has 1 aliphatic rings. The molecule has 2 aromatic carbocycles. The van der Waals surface area contributed by atoms with Crippen LogP contribution >= 0.6 is 0 Å². The number of aryl methyl sites for hydroxylation is 1. The largest absolute Gasteiger partial charge is 0.338 e. The van der Waals surface area contributed by atoms with Crippen LogP contribution in [0.3, 0.4) is 0 Å². The number of benzene rings is 2. The average molecular weight is 375 g/mol. The Bertz CT molecular complexity index is 976. The molecule has 0 aliphatic carbocycles. The first-order valence-corrected chi connectivity index (χ1v) is 9.77. The van der Waals surface area contributed by atoms with E-state index in [0.29, 0.717) is 37.1 Å². The summed E-state index contributed by atoms with van der Waals surface area (Å²) in [5.41, 5.74) is 4.48. The molecule has 1 aromatic heterocycles. The van der Waals surface area contributed by atoms with Gasteiger partial charge < -0.3 is 9.42 Å². The Kier molecular flexibility index (Phi) is 4.99. The number of carbonyl (C=O) groups is 1. The average Bonchev–Trinajstić information content (AvgIpc) is 3.30. The number of hydrogen-bond acceptors (Lipinski definition) is 4. The standard InChI is InChI=1S/C23H25N3O2/c1-15(2)18-10-8-17(9-11-18)13-26-14-19(12-21(26)27)22-24-23(28-25-22)20-7-5-4-6-16(20)3/h4-11,15,19H,12-14H2,1-3H3. The van der Waals surface area contributed by atoms with Crippen molar-refractivity contribution in [3.8, 4) is 11.5 Å². The predicted octanol–water partition coefficient (Wildman–Crippen LogP) is 4.68. The minimum Gasteiger partial charge on any atom is -0.338 e. The molecule has 1 saturated heterocycles. The van der Waals surface area contributed by atoms with Crippen molar-refractivity contribution in [3.05, 3.63) is 71.0 Å². The molecule has 5 nitrogen and oxygen atoms in total. The van der Waals surface area contributed by atoms with Crippen molar-refractivity contribution in [1.82, 2.24) is 15.0 Å². The molecule has 0 saturated carbocycles. The van der Waals surface area contributed by atoms with Gasteiger partial charge in [-0.05, 0) is 35.6 Å². The van der Waals surface area contributed by atoms with E-state index in [9.17, 15) is 4.79 Å². The SMILES string of the molecule is Cc1ccccc1-c1nc(C2CC(=O)N(Cc3ccc(C(C)C)cc3)C2)no1. The van der Waals surface area contributed by atoms with Crippen LogP contribution in [0, 0.1) is 6.92 Å². The van der Waals surface area contributed by atoms with Gasteiger partial charge in [-0.2, -0.15) is 4.98 Å². The number of likely N-dealkylation sites (tertiary alicyclic amines) is 1. The van der Waals surface area contributed by atoms with E-state index in [1.807, 2.05) is 36.1 Å². The van der Waals surface area contributed by atoms with Gasteiger partial charge in [0.2, 0.25) is 5.91 Å². The molecule has 2 heterocycles. The molecule has 1 amide bonds. The molecule has 3 aromatic rings. The molecule has 1 fully saturated rings. The van der Waals surface area contributed by atoms with Crippen molar-refractivity contribution >= 4 is 5.91 Å². The lowest BCUT2D eigenvalue weighted by atomic mass is 10.0. The van der Waals surface area contributed by atoms with Gasteiger partial charge >= 0.3 is 0 Å². The zero-order valence-corrected chi connectivity index (χ0v) is 16.6. The van der Waals surface area contributed by atoms with Crippen molar-refractivity contribution in [2.75, 3.05) is 6.54 Å². The summed E-state index contributed by atoms with van der Waals surface area (Å²) >= 11 is 0. The Morgan fingerprint density at radius 1 is 1.14 bits per heavy atom. The molecule has 4 rings (SSSR count). The highest BCUT2D eigenvalue weighted by Crippen LogP contribution is 2.30. The van der Waals surface area contributed by atoms with E-state index in [0.717, 1.165) is 16.7 Å². The maximum Gasteiger partial charge on any atom is 0.258 e. The van der Waals surface area contributed by atoms with Crippen LogP contribution in [-0.4, -0.2) is 27.5 Å². The molecule has 1 aliphatic heterocycles. The first kappa shape index (κ1) is 18.4. The van der Waals surface area contributed by atoms with Gasteiger partial charge in [0.1, 0.15) is 0 Å². The summed E-state index contributed by atoms with van der Waals surface area (Å²) in [6, 6.07) is 16.4. The molecule has 0 bridgehead atoms. The van der Waals surface area contributed by atoms with Crippen LogP contribution in [0.15, 0.2) is 53.1 Å². The fourth-order valence-electron chi connectivity index (χ4n) is 3.65. The lowest BCUT2D eigenvalue weighted by Crippen LogP contribution is -2.24. The number of carbonyl (C=O) groups excluding carboxylic acids is 1. The van der Waals surface area contributed by atoms with Crippen molar-refractivity contribution in [2.45, 2.75) is 45.6 Å². The van der Waals surface area contributed by atoms with E-state index in [4.69, 9.17) is 4.52 Å². The topological polar surface area (TPSA) is 59.2 Å². The Hall–Kier alpha value is -2.95. The summed E-state index contributed by atoms with van der Waals surface area (Å²) in [5.74, 6) is 1.75. The van der Waals surface area contributed by atoms with Gasteiger partial charge in [0, 0.05) is 31.0 Å². The Labute approximate surface area is 165 Å². The lowest BCUT2D eigenvalue weighted by molar-refractivity contribution is -0.128.